The predicted octanol–water partition coefficient (Wildman–Crippen LogP) is 9.96. The fourth-order valence-electron chi connectivity index (χ4n) is 6.32. The number of ketones is 4. The Labute approximate surface area is 405 Å². The van der Waals surface area contributed by atoms with Crippen molar-refractivity contribution < 1.29 is 71.9 Å². The zero-order chi connectivity index (χ0) is 52.3. The van der Waals surface area contributed by atoms with Crippen LogP contribution >= 0.6 is 0 Å². The van der Waals surface area contributed by atoms with Gasteiger partial charge in [0.25, 0.3) is 0 Å². The number of rotatable bonds is 16. The molecule has 70 heavy (non-hydrogen) atoms. The number of carbonyl (C=O) groups excluding carboxylic acids is 4. The lowest BCUT2D eigenvalue weighted by molar-refractivity contribution is 0.0672. The number of carbonyl (C=O) groups is 8. The molecule has 364 valence electrons. The maximum Gasteiger partial charge on any atom is 0.336 e. The van der Waals surface area contributed by atoms with Crippen LogP contribution in [0.1, 0.15) is 132 Å². The molecular formula is C54H52O15S. The zero-order valence-electron chi connectivity index (χ0n) is 39.2. The first-order valence-corrected chi connectivity index (χ1v) is 23.7. The minimum Gasteiger partial charge on any atom is -0.478 e. The highest BCUT2D eigenvalue weighted by Crippen LogP contribution is 2.25. The summed E-state index contributed by atoms with van der Waals surface area (Å²) in [5.41, 5.74) is 1.29. The summed E-state index contributed by atoms with van der Waals surface area (Å²) in [6.45, 7) is 7.17. The molecule has 0 spiro atoms. The third-order valence-corrected chi connectivity index (χ3v) is 9.77. The molecule has 0 aliphatic heterocycles. The van der Waals surface area contributed by atoms with Crippen LogP contribution in [0.4, 0.5) is 0 Å². The summed E-state index contributed by atoms with van der Waals surface area (Å²) in [5, 5.41) is 37.5. The summed E-state index contributed by atoms with van der Waals surface area (Å²) in [6.07, 6.45) is 2.20. The molecule has 0 saturated heterocycles. The topological polar surface area (TPSA) is 261 Å². The highest BCUT2D eigenvalue weighted by Gasteiger charge is 2.26. The quantitative estimate of drug-likeness (QED) is 0.0658. The molecule has 0 aromatic heterocycles. The molecule has 6 aromatic rings. The van der Waals surface area contributed by atoms with Crippen molar-refractivity contribution in [1.29, 1.82) is 0 Å². The van der Waals surface area contributed by atoms with Gasteiger partial charge in [-0.1, -0.05) is 110 Å². The van der Waals surface area contributed by atoms with Crippen LogP contribution in [-0.4, -0.2) is 88.4 Å². The van der Waals surface area contributed by atoms with Crippen LogP contribution in [0, 0.1) is 13.8 Å². The Morgan fingerprint density at radius 1 is 0.400 bits per heavy atom. The summed E-state index contributed by atoms with van der Waals surface area (Å²) >= 11 is 0. The molecule has 0 aliphatic rings. The van der Waals surface area contributed by atoms with Crippen LogP contribution in [0.25, 0.3) is 0 Å². The summed E-state index contributed by atoms with van der Waals surface area (Å²) in [7, 11) is -2.67. The first kappa shape index (κ1) is 56.0. The molecule has 0 radical (unpaired) electrons. The van der Waals surface area contributed by atoms with Crippen LogP contribution in [0.2, 0.25) is 0 Å². The lowest BCUT2D eigenvalue weighted by atomic mass is 9.91. The smallest absolute Gasteiger partial charge is 0.336 e. The van der Waals surface area contributed by atoms with E-state index in [4.69, 9.17) is 4.74 Å². The molecule has 15 nitrogen and oxygen atoms in total. The Kier molecular flexibility index (Phi) is 21.0. The molecule has 0 bridgehead atoms. The van der Waals surface area contributed by atoms with Gasteiger partial charge in [0.1, 0.15) is 21.3 Å². The van der Waals surface area contributed by atoms with E-state index in [-0.39, 0.29) is 47.9 Å². The highest BCUT2D eigenvalue weighted by molar-refractivity contribution is 7.89. The van der Waals surface area contributed by atoms with Gasteiger partial charge >= 0.3 is 23.9 Å². The molecule has 0 aliphatic carbocycles. The SMILES string of the molecule is CCC(=O)c1cc(C(=O)Cc2ccc(Oc3ccc(C)cc3)cc2)c(C(=O)O)cc1C(=O)O.CCC(=O)c1cc(C(=O)Cc2ccccc2)c(C(=O)O)cc1C(=O)O.CS(C)(=O)=O.Cc1ccccc1. The van der Waals surface area contributed by atoms with Crippen LogP contribution in [0.5, 0.6) is 11.5 Å². The average Bonchev–Trinajstić information content (AvgIpc) is 3.31. The second-order valence-corrected chi connectivity index (χ2v) is 18.0. The van der Waals surface area contributed by atoms with E-state index in [0.29, 0.717) is 22.6 Å². The standard InChI is InChI=1S/C26H22O7.C19H16O6.C7H8.C2H6O2S/c1-3-23(27)19-13-20(22(26(31)32)14-21(19)25(29)30)24(28)12-16-6-10-18(11-7-16)33-17-8-4-15(2)5-9-17;1-2-16(20)12-9-13(15(19(24)25)10-14(12)18(22)23)17(21)8-11-6-4-3-5-7-11;1-7-5-3-2-4-6-7;1-5(2,3)4/h4-11,13-14H,3,12H2,1-2H3,(H,29,30)(H,31,32);3-7,9-10H,2,8H2,1H3,(H,22,23)(H,24,25);2-6H,1H3;1-2H3. The zero-order valence-corrected chi connectivity index (χ0v) is 40.0. The van der Waals surface area contributed by atoms with Crippen molar-refractivity contribution in [2.75, 3.05) is 12.5 Å². The van der Waals surface area contributed by atoms with Gasteiger partial charge in [0.2, 0.25) is 0 Å². The van der Waals surface area contributed by atoms with Crippen molar-refractivity contribution in [3.8, 4) is 11.5 Å². The van der Waals surface area contributed by atoms with Crippen molar-refractivity contribution in [1.82, 2.24) is 0 Å². The summed E-state index contributed by atoms with van der Waals surface area (Å²) in [4.78, 5) is 95.8. The van der Waals surface area contributed by atoms with Gasteiger partial charge in [0.05, 0.1) is 22.3 Å². The Balaban J connectivity index is 0.000000305. The van der Waals surface area contributed by atoms with Crippen molar-refractivity contribution in [2.45, 2.75) is 53.4 Å². The Morgan fingerprint density at radius 2 is 0.671 bits per heavy atom. The first-order chi connectivity index (χ1) is 32.9. The van der Waals surface area contributed by atoms with Crippen molar-refractivity contribution in [2.24, 2.45) is 0 Å². The minimum atomic E-state index is -2.67. The molecular weight excluding hydrogens is 921 g/mol. The van der Waals surface area contributed by atoms with Gasteiger partial charge in [0.15, 0.2) is 23.1 Å². The lowest BCUT2D eigenvalue weighted by Crippen LogP contribution is -2.17. The second-order valence-electron chi connectivity index (χ2n) is 15.7. The maximum absolute atomic E-state index is 12.9. The predicted molar refractivity (Wildman–Crippen MR) is 262 cm³/mol. The molecule has 4 N–H and O–H groups in total. The average molecular weight is 973 g/mol. The van der Waals surface area contributed by atoms with Gasteiger partial charge in [-0.15, -0.1) is 0 Å². The molecule has 0 fully saturated rings. The third-order valence-electron chi connectivity index (χ3n) is 9.77. The second kappa shape index (κ2) is 26.2. The van der Waals surface area contributed by atoms with E-state index >= 15 is 0 Å². The normalized spacial score (nSPS) is 10.3. The molecule has 0 unspecified atom stereocenters. The maximum atomic E-state index is 12.9. The highest BCUT2D eigenvalue weighted by atomic mass is 32.2. The van der Waals surface area contributed by atoms with Gasteiger partial charge in [-0.25, -0.2) is 27.6 Å². The largest absolute Gasteiger partial charge is 0.478 e. The fraction of sp³-hybridized carbons (Fsp3) is 0.185. The van der Waals surface area contributed by atoms with E-state index in [1.54, 1.807) is 68.4 Å². The molecule has 0 heterocycles. The van der Waals surface area contributed by atoms with Gasteiger partial charge in [-0.2, -0.15) is 0 Å². The van der Waals surface area contributed by atoms with Gasteiger partial charge in [-0.05, 0) is 73.5 Å². The minimum absolute atomic E-state index is 0.0166. The third kappa shape index (κ3) is 17.7. The van der Waals surface area contributed by atoms with Crippen molar-refractivity contribution in [3.63, 3.8) is 0 Å². The Bertz CT molecular complexity index is 2970. The number of Topliss-reactive ketones (excluding diaryl/α,β-unsaturated/α-hetero) is 4. The molecule has 16 heteroatoms. The van der Waals surface area contributed by atoms with E-state index in [0.717, 1.165) is 42.3 Å². The molecule has 0 saturated carbocycles. The number of hydrogen-bond donors (Lipinski definition) is 4. The van der Waals surface area contributed by atoms with E-state index in [2.05, 4.69) is 19.1 Å². The Hall–Kier alpha value is -8.37. The molecule has 6 aromatic carbocycles. The van der Waals surface area contributed by atoms with Crippen molar-refractivity contribution in [3.05, 3.63) is 200 Å². The molecule has 6 rings (SSSR count). The summed E-state index contributed by atoms with van der Waals surface area (Å²) in [5.74, 6) is -6.47. The van der Waals surface area contributed by atoms with Crippen LogP contribution < -0.4 is 4.74 Å². The monoisotopic (exact) mass is 972 g/mol. The first-order valence-electron chi connectivity index (χ1n) is 21.4. The van der Waals surface area contributed by atoms with Gasteiger partial charge in [-0.3, -0.25) is 19.2 Å². The number of aryl methyl sites for hydroxylation is 2. The van der Waals surface area contributed by atoms with Crippen LogP contribution in [-0.2, 0) is 22.7 Å². The number of carboxylic acids is 4. The van der Waals surface area contributed by atoms with E-state index < -0.39 is 79.1 Å². The Morgan fingerprint density at radius 3 is 0.971 bits per heavy atom. The fourth-order valence-corrected chi connectivity index (χ4v) is 6.32. The van der Waals surface area contributed by atoms with Crippen molar-refractivity contribution >= 4 is 56.8 Å². The van der Waals surface area contributed by atoms with E-state index in [1.165, 1.54) is 5.56 Å². The van der Waals surface area contributed by atoms with Gasteiger partial charge < -0.3 is 25.2 Å². The number of benzene rings is 6. The summed E-state index contributed by atoms with van der Waals surface area (Å²) in [6, 6.07) is 37.2. The van der Waals surface area contributed by atoms with Gasteiger partial charge in [0, 0.05) is 60.4 Å². The molecule has 0 atom stereocenters. The number of carboxylic acid groups (broad SMARTS) is 4. The number of hydrogen-bond acceptors (Lipinski definition) is 11. The lowest BCUT2D eigenvalue weighted by Gasteiger charge is -2.11. The van der Waals surface area contributed by atoms with E-state index in [9.17, 15) is 67.2 Å². The van der Waals surface area contributed by atoms with Crippen LogP contribution in [0.3, 0.4) is 0 Å². The molecule has 0 amide bonds. The number of aromatic carboxylic acids is 4. The van der Waals surface area contributed by atoms with Crippen LogP contribution in [0.15, 0.2) is 133 Å². The van der Waals surface area contributed by atoms with E-state index in [1.807, 2.05) is 49.4 Å². The number of ether oxygens (including phenoxy) is 1. The summed E-state index contributed by atoms with van der Waals surface area (Å²) < 4.78 is 25.0. The number of sulfone groups is 1.